The third kappa shape index (κ3) is 5.85. The van der Waals surface area contributed by atoms with Gasteiger partial charge in [0.1, 0.15) is 0 Å². The second-order valence-electron chi connectivity index (χ2n) is 5.16. The Morgan fingerprint density at radius 1 is 1.12 bits per heavy atom. The molecule has 0 spiro atoms. The molecule has 1 rings (SSSR count). The maximum absolute atomic E-state index is 5.08. The van der Waals surface area contributed by atoms with E-state index in [1.165, 1.54) is 17.5 Å². The Balaban J connectivity index is 2.40. The summed E-state index contributed by atoms with van der Waals surface area (Å²) in [5.74, 6) is 0.730. The van der Waals surface area contributed by atoms with E-state index in [1.807, 2.05) is 0 Å². The summed E-state index contributed by atoms with van der Waals surface area (Å²) in [6.45, 7) is 6.25. The van der Waals surface area contributed by atoms with E-state index in [0.717, 1.165) is 18.9 Å². The van der Waals surface area contributed by atoms with E-state index in [0.29, 0.717) is 6.73 Å². The highest BCUT2D eigenvalue weighted by molar-refractivity contribution is 5.23. The number of likely N-dealkylation sites (N-methyl/N-ethyl adjacent to an activating group) is 1. The van der Waals surface area contributed by atoms with Gasteiger partial charge in [-0.15, -0.1) is 0 Å². The first kappa shape index (κ1) is 14.2. The molecule has 0 bridgehead atoms. The molecule has 0 aliphatic heterocycles. The highest BCUT2D eigenvalue weighted by Gasteiger charge is 2.00. The number of rotatable bonds is 7. The number of benzene rings is 1. The third-order valence-electron chi connectivity index (χ3n) is 2.80. The zero-order chi connectivity index (χ0) is 12.7. The van der Waals surface area contributed by atoms with Crippen LogP contribution in [0.3, 0.4) is 0 Å². The molecule has 0 aliphatic carbocycles. The van der Waals surface area contributed by atoms with Crippen molar-refractivity contribution < 1.29 is 4.74 Å². The van der Waals surface area contributed by atoms with E-state index in [2.05, 4.69) is 50.1 Å². The Kier molecular flexibility index (Phi) is 6.23. The lowest BCUT2D eigenvalue weighted by Crippen LogP contribution is -2.23. The fourth-order valence-corrected chi connectivity index (χ4v) is 1.92. The molecule has 1 aromatic carbocycles. The Morgan fingerprint density at radius 2 is 1.71 bits per heavy atom. The Morgan fingerprint density at radius 3 is 2.24 bits per heavy atom. The summed E-state index contributed by atoms with van der Waals surface area (Å²) in [5, 5.41) is 0. The predicted octanol–water partition coefficient (Wildman–Crippen LogP) is 2.96. The molecule has 0 fully saturated rings. The lowest BCUT2D eigenvalue weighted by atomic mass is 10.0. The van der Waals surface area contributed by atoms with E-state index in [1.54, 1.807) is 7.11 Å². The van der Waals surface area contributed by atoms with Crippen LogP contribution in [0.5, 0.6) is 0 Å². The molecule has 96 valence electrons. The topological polar surface area (TPSA) is 12.5 Å². The minimum Gasteiger partial charge on any atom is -0.369 e. The summed E-state index contributed by atoms with van der Waals surface area (Å²) in [6.07, 6.45) is 2.26. The first-order valence-corrected chi connectivity index (χ1v) is 6.37. The monoisotopic (exact) mass is 235 g/mol. The first-order valence-electron chi connectivity index (χ1n) is 6.37. The van der Waals surface area contributed by atoms with Gasteiger partial charge in [0.25, 0.3) is 0 Å². The molecule has 2 heteroatoms. The molecule has 1 aromatic rings. The quantitative estimate of drug-likeness (QED) is 0.674. The SMILES string of the molecule is COCN(C)CCc1ccc(CC(C)C)cc1. The lowest BCUT2D eigenvalue weighted by molar-refractivity contribution is 0.0827. The second-order valence-corrected chi connectivity index (χ2v) is 5.16. The van der Waals surface area contributed by atoms with Gasteiger partial charge in [-0.2, -0.15) is 0 Å². The van der Waals surface area contributed by atoms with Crippen LogP contribution in [0.2, 0.25) is 0 Å². The fraction of sp³-hybridized carbons (Fsp3) is 0.600. The highest BCUT2D eigenvalue weighted by atomic mass is 16.5. The van der Waals surface area contributed by atoms with E-state index in [9.17, 15) is 0 Å². The molecule has 0 amide bonds. The van der Waals surface area contributed by atoms with Crippen molar-refractivity contribution in [2.45, 2.75) is 26.7 Å². The van der Waals surface area contributed by atoms with Crippen molar-refractivity contribution in [3.63, 3.8) is 0 Å². The van der Waals surface area contributed by atoms with Crippen LogP contribution in [0, 0.1) is 5.92 Å². The zero-order valence-electron chi connectivity index (χ0n) is 11.6. The average Bonchev–Trinajstić information content (AvgIpc) is 2.28. The van der Waals surface area contributed by atoms with Crippen molar-refractivity contribution in [3.05, 3.63) is 35.4 Å². The van der Waals surface area contributed by atoms with Crippen LogP contribution in [-0.2, 0) is 17.6 Å². The van der Waals surface area contributed by atoms with Crippen molar-refractivity contribution >= 4 is 0 Å². The number of nitrogens with zero attached hydrogens (tertiary/aromatic N) is 1. The molecular weight excluding hydrogens is 210 g/mol. The molecular formula is C15H25NO. The maximum atomic E-state index is 5.08. The van der Waals surface area contributed by atoms with Crippen molar-refractivity contribution in [3.8, 4) is 0 Å². The van der Waals surface area contributed by atoms with Crippen molar-refractivity contribution in [2.24, 2.45) is 5.92 Å². The summed E-state index contributed by atoms with van der Waals surface area (Å²) in [5.41, 5.74) is 2.84. The molecule has 0 atom stereocenters. The predicted molar refractivity (Wildman–Crippen MR) is 73.2 cm³/mol. The average molecular weight is 235 g/mol. The number of ether oxygens (including phenoxy) is 1. The molecule has 2 nitrogen and oxygen atoms in total. The van der Waals surface area contributed by atoms with Gasteiger partial charge in [0.2, 0.25) is 0 Å². The Labute approximate surface area is 106 Å². The molecule has 0 unspecified atom stereocenters. The van der Waals surface area contributed by atoms with Crippen molar-refractivity contribution in [1.29, 1.82) is 0 Å². The van der Waals surface area contributed by atoms with Gasteiger partial charge in [-0.3, -0.25) is 4.90 Å². The zero-order valence-corrected chi connectivity index (χ0v) is 11.6. The minimum absolute atomic E-state index is 0.700. The summed E-state index contributed by atoms with van der Waals surface area (Å²) >= 11 is 0. The number of hydrogen-bond donors (Lipinski definition) is 0. The number of hydrogen-bond acceptors (Lipinski definition) is 2. The molecule has 0 saturated carbocycles. The molecule has 0 aromatic heterocycles. The smallest absolute Gasteiger partial charge is 0.0984 e. The van der Waals surface area contributed by atoms with E-state index in [-0.39, 0.29) is 0 Å². The van der Waals surface area contributed by atoms with Crippen molar-refractivity contribution in [1.82, 2.24) is 4.90 Å². The molecule has 0 N–H and O–H groups in total. The minimum atomic E-state index is 0.700. The molecule has 0 saturated heterocycles. The largest absolute Gasteiger partial charge is 0.369 e. The van der Waals surface area contributed by atoms with Gasteiger partial charge in [-0.1, -0.05) is 38.1 Å². The second kappa shape index (κ2) is 7.46. The maximum Gasteiger partial charge on any atom is 0.0984 e. The van der Waals surface area contributed by atoms with Crippen LogP contribution >= 0.6 is 0 Å². The van der Waals surface area contributed by atoms with Gasteiger partial charge >= 0.3 is 0 Å². The van der Waals surface area contributed by atoms with Crippen molar-refractivity contribution in [2.75, 3.05) is 27.4 Å². The van der Waals surface area contributed by atoms with E-state index >= 15 is 0 Å². The van der Waals surface area contributed by atoms with E-state index in [4.69, 9.17) is 4.74 Å². The van der Waals surface area contributed by atoms with Crippen LogP contribution in [0.15, 0.2) is 24.3 Å². The van der Waals surface area contributed by atoms with Gasteiger partial charge in [0.05, 0.1) is 6.73 Å². The van der Waals surface area contributed by atoms with E-state index < -0.39 is 0 Å². The van der Waals surface area contributed by atoms with Gasteiger partial charge in [-0.05, 0) is 36.9 Å². The van der Waals surface area contributed by atoms with Crippen LogP contribution in [0.25, 0.3) is 0 Å². The normalized spacial score (nSPS) is 11.4. The van der Waals surface area contributed by atoms with Crippen LogP contribution in [0.4, 0.5) is 0 Å². The Bertz CT molecular complexity index is 305. The van der Waals surface area contributed by atoms with Crippen LogP contribution < -0.4 is 0 Å². The molecule has 0 aliphatic rings. The van der Waals surface area contributed by atoms with Gasteiger partial charge in [0.15, 0.2) is 0 Å². The summed E-state index contributed by atoms with van der Waals surface area (Å²) in [7, 11) is 3.81. The summed E-state index contributed by atoms with van der Waals surface area (Å²) in [4.78, 5) is 2.18. The fourth-order valence-electron chi connectivity index (χ4n) is 1.92. The van der Waals surface area contributed by atoms with Crippen LogP contribution in [0.1, 0.15) is 25.0 Å². The third-order valence-corrected chi connectivity index (χ3v) is 2.80. The Hall–Kier alpha value is -0.860. The molecule has 0 radical (unpaired) electrons. The van der Waals surface area contributed by atoms with Gasteiger partial charge in [0, 0.05) is 13.7 Å². The van der Waals surface area contributed by atoms with Crippen LogP contribution in [-0.4, -0.2) is 32.3 Å². The number of methoxy groups -OCH3 is 1. The molecule has 0 heterocycles. The lowest BCUT2D eigenvalue weighted by Gasteiger charge is -2.15. The molecule has 17 heavy (non-hydrogen) atoms. The van der Waals surface area contributed by atoms with Gasteiger partial charge < -0.3 is 4.74 Å². The summed E-state index contributed by atoms with van der Waals surface area (Å²) in [6, 6.07) is 9.01. The van der Waals surface area contributed by atoms with Gasteiger partial charge in [-0.25, -0.2) is 0 Å². The summed E-state index contributed by atoms with van der Waals surface area (Å²) < 4.78 is 5.08. The first-order chi connectivity index (χ1) is 8.11. The highest BCUT2D eigenvalue weighted by Crippen LogP contribution is 2.10. The standard InChI is InChI=1S/C15H25NO/c1-13(2)11-15-7-5-14(6-8-15)9-10-16(3)12-17-4/h5-8,13H,9-12H2,1-4H3.